The number of phenols is 1. The van der Waals surface area contributed by atoms with Crippen LogP contribution in [0.5, 0.6) is 5.75 Å². The van der Waals surface area contributed by atoms with E-state index in [1.165, 1.54) is 5.56 Å². The second-order valence-electron chi connectivity index (χ2n) is 3.96. The van der Waals surface area contributed by atoms with Crippen molar-refractivity contribution in [2.45, 2.75) is 32.1 Å². The average molecular weight is 206 g/mol. The zero-order valence-electron chi connectivity index (χ0n) is 8.49. The number of carbonyl (C=O) groups is 1. The first-order valence-corrected chi connectivity index (χ1v) is 5.23. The molecule has 3 heteroatoms. The third kappa shape index (κ3) is 1.96. The van der Waals surface area contributed by atoms with Crippen LogP contribution in [0.3, 0.4) is 0 Å². The molecule has 1 aromatic rings. The van der Waals surface area contributed by atoms with E-state index in [1.807, 2.05) is 12.1 Å². The lowest BCUT2D eigenvalue weighted by Gasteiger charge is -2.08. The fourth-order valence-electron chi connectivity index (χ4n) is 2.14. The minimum absolute atomic E-state index is 0.0757. The van der Waals surface area contributed by atoms with E-state index in [0.29, 0.717) is 12.2 Å². The van der Waals surface area contributed by atoms with Crippen LogP contribution >= 0.6 is 0 Å². The highest BCUT2D eigenvalue weighted by Crippen LogP contribution is 2.33. The first kappa shape index (κ1) is 10.0. The Morgan fingerprint density at radius 2 is 2.13 bits per heavy atom. The summed E-state index contributed by atoms with van der Waals surface area (Å²) in [5.74, 6) is -0.499. The van der Waals surface area contributed by atoms with Gasteiger partial charge in [-0.1, -0.05) is 12.1 Å². The van der Waals surface area contributed by atoms with Gasteiger partial charge in [-0.05, 0) is 42.4 Å². The number of phenolic OH excluding ortho intramolecular Hbond substituents is 1. The number of aliphatic carboxylic acids is 1. The Kier molecular flexibility index (Phi) is 2.62. The minimum atomic E-state index is -0.824. The van der Waals surface area contributed by atoms with Crippen molar-refractivity contribution in [3.05, 3.63) is 28.8 Å². The van der Waals surface area contributed by atoms with Crippen LogP contribution in [0.15, 0.2) is 12.1 Å². The standard InChI is InChI=1S/C12H14O3/c13-11(14)7-6-9-5-4-8-2-1-3-10(8)12(9)15/h4-5,15H,1-3,6-7H2,(H,13,14). The lowest BCUT2D eigenvalue weighted by Crippen LogP contribution is -1.99. The molecule has 80 valence electrons. The second-order valence-corrected chi connectivity index (χ2v) is 3.96. The van der Waals surface area contributed by atoms with Gasteiger partial charge in [-0.2, -0.15) is 0 Å². The molecule has 3 nitrogen and oxygen atoms in total. The van der Waals surface area contributed by atoms with E-state index in [9.17, 15) is 9.90 Å². The molecule has 15 heavy (non-hydrogen) atoms. The number of aryl methyl sites for hydroxylation is 2. The predicted octanol–water partition coefficient (Wildman–Crippen LogP) is 1.90. The first-order chi connectivity index (χ1) is 7.18. The van der Waals surface area contributed by atoms with E-state index in [0.717, 1.165) is 30.4 Å². The third-order valence-corrected chi connectivity index (χ3v) is 2.94. The van der Waals surface area contributed by atoms with Crippen molar-refractivity contribution in [3.8, 4) is 5.75 Å². The molecule has 0 saturated carbocycles. The van der Waals surface area contributed by atoms with Gasteiger partial charge in [0, 0.05) is 6.42 Å². The van der Waals surface area contributed by atoms with Crippen LogP contribution in [0, 0.1) is 0 Å². The van der Waals surface area contributed by atoms with Crippen molar-refractivity contribution in [2.75, 3.05) is 0 Å². The molecule has 0 fully saturated rings. The molecule has 0 bridgehead atoms. The van der Waals surface area contributed by atoms with Gasteiger partial charge in [0.05, 0.1) is 0 Å². The molecule has 2 rings (SSSR count). The molecule has 0 radical (unpaired) electrons. The monoisotopic (exact) mass is 206 g/mol. The molecule has 0 atom stereocenters. The summed E-state index contributed by atoms with van der Waals surface area (Å²) in [6.07, 6.45) is 3.52. The Balaban J connectivity index is 2.22. The van der Waals surface area contributed by atoms with Gasteiger partial charge in [0.25, 0.3) is 0 Å². The van der Waals surface area contributed by atoms with Crippen LogP contribution in [0.4, 0.5) is 0 Å². The molecular formula is C12H14O3. The first-order valence-electron chi connectivity index (χ1n) is 5.23. The van der Waals surface area contributed by atoms with Gasteiger partial charge < -0.3 is 10.2 Å². The molecular weight excluding hydrogens is 192 g/mol. The molecule has 1 aliphatic carbocycles. The lowest BCUT2D eigenvalue weighted by atomic mass is 10.0. The fraction of sp³-hybridized carbons (Fsp3) is 0.417. The molecule has 0 saturated heterocycles. The highest BCUT2D eigenvalue weighted by atomic mass is 16.4. The Labute approximate surface area is 88.4 Å². The second kappa shape index (κ2) is 3.93. The van der Waals surface area contributed by atoms with Crippen LogP contribution < -0.4 is 0 Å². The number of fused-ring (bicyclic) bond motifs is 1. The van der Waals surface area contributed by atoms with Crippen molar-refractivity contribution in [1.82, 2.24) is 0 Å². The van der Waals surface area contributed by atoms with Crippen molar-refractivity contribution >= 4 is 5.97 Å². The summed E-state index contributed by atoms with van der Waals surface area (Å²) >= 11 is 0. The minimum Gasteiger partial charge on any atom is -0.507 e. The van der Waals surface area contributed by atoms with Gasteiger partial charge in [-0.25, -0.2) is 0 Å². The highest BCUT2D eigenvalue weighted by molar-refractivity contribution is 5.67. The van der Waals surface area contributed by atoms with Gasteiger partial charge in [-0.15, -0.1) is 0 Å². The molecule has 2 N–H and O–H groups in total. The van der Waals surface area contributed by atoms with Gasteiger partial charge in [0.15, 0.2) is 0 Å². The number of benzene rings is 1. The molecule has 0 amide bonds. The number of carboxylic acid groups (broad SMARTS) is 1. The smallest absolute Gasteiger partial charge is 0.303 e. The van der Waals surface area contributed by atoms with Crippen LogP contribution in [0.1, 0.15) is 29.5 Å². The molecule has 1 aromatic carbocycles. The van der Waals surface area contributed by atoms with E-state index in [-0.39, 0.29) is 6.42 Å². The maximum absolute atomic E-state index is 10.4. The summed E-state index contributed by atoms with van der Waals surface area (Å²) in [7, 11) is 0. The maximum Gasteiger partial charge on any atom is 0.303 e. The fourth-order valence-corrected chi connectivity index (χ4v) is 2.14. The average Bonchev–Trinajstić information content (AvgIpc) is 2.65. The Morgan fingerprint density at radius 3 is 2.87 bits per heavy atom. The Hall–Kier alpha value is -1.51. The van der Waals surface area contributed by atoms with Crippen molar-refractivity contribution in [3.63, 3.8) is 0 Å². The number of hydrogen-bond acceptors (Lipinski definition) is 2. The molecule has 0 heterocycles. The number of rotatable bonds is 3. The zero-order chi connectivity index (χ0) is 10.8. The van der Waals surface area contributed by atoms with Gasteiger partial charge >= 0.3 is 5.97 Å². The predicted molar refractivity (Wildman–Crippen MR) is 56.1 cm³/mol. The Bertz CT molecular complexity index is 396. The molecule has 0 spiro atoms. The van der Waals surface area contributed by atoms with Crippen LogP contribution in [0.2, 0.25) is 0 Å². The van der Waals surface area contributed by atoms with Crippen molar-refractivity contribution in [2.24, 2.45) is 0 Å². The molecule has 0 aromatic heterocycles. The molecule has 1 aliphatic rings. The Morgan fingerprint density at radius 1 is 1.33 bits per heavy atom. The highest BCUT2D eigenvalue weighted by Gasteiger charge is 2.17. The summed E-state index contributed by atoms with van der Waals surface area (Å²) in [6, 6.07) is 3.86. The SMILES string of the molecule is O=C(O)CCc1ccc2c(c1O)CCC2. The van der Waals surface area contributed by atoms with Crippen LogP contribution in [0.25, 0.3) is 0 Å². The van der Waals surface area contributed by atoms with E-state index >= 15 is 0 Å². The molecule has 0 aliphatic heterocycles. The molecule has 0 unspecified atom stereocenters. The van der Waals surface area contributed by atoms with E-state index in [2.05, 4.69) is 0 Å². The summed E-state index contributed by atoms with van der Waals surface area (Å²) in [6.45, 7) is 0. The quantitative estimate of drug-likeness (QED) is 0.794. The summed E-state index contributed by atoms with van der Waals surface area (Å²) in [4.78, 5) is 10.4. The van der Waals surface area contributed by atoms with Crippen LogP contribution in [-0.2, 0) is 24.1 Å². The topological polar surface area (TPSA) is 57.5 Å². The van der Waals surface area contributed by atoms with E-state index in [1.54, 1.807) is 0 Å². The van der Waals surface area contributed by atoms with Gasteiger partial charge in [0.2, 0.25) is 0 Å². The largest absolute Gasteiger partial charge is 0.507 e. The van der Waals surface area contributed by atoms with Crippen molar-refractivity contribution < 1.29 is 15.0 Å². The summed E-state index contributed by atoms with van der Waals surface area (Å²) < 4.78 is 0. The number of carboxylic acids is 1. The van der Waals surface area contributed by atoms with E-state index in [4.69, 9.17) is 5.11 Å². The number of hydrogen-bond donors (Lipinski definition) is 2. The lowest BCUT2D eigenvalue weighted by molar-refractivity contribution is -0.136. The normalized spacial score (nSPS) is 13.9. The van der Waals surface area contributed by atoms with Crippen LogP contribution in [-0.4, -0.2) is 16.2 Å². The van der Waals surface area contributed by atoms with Gasteiger partial charge in [0.1, 0.15) is 5.75 Å². The maximum atomic E-state index is 10.4. The summed E-state index contributed by atoms with van der Waals surface area (Å²) in [5, 5.41) is 18.5. The van der Waals surface area contributed by atoms with E-state index < -0.39 is 5.97 Å². The number of aromatic hydroxyl groups is 1. The zero-order valence-corrected chi connectivity index (χ0v) is 8.49. The summed E-state index contributed by atoms with van der Waals surface area (Å²) in [5.41, 5.74) is 3.00. The van der Waals surface area contributed by atoms with Crippen molar-refractivity contribution in [1.29, 1.82) is 0 Å². The van der Waals surface area contributed by atoms with Gasteiger partial charge in [-0.3, -0.25) is 4.79 Å². The third-order valence-electron chi connectivity index (χ3n) is 2.94.